The molecule has 39 heavy (non-hydrogen) atoms. The first-order chi connectivity index (χ1) is 19.1. The van der Waals surface area contributed by atoms with Crippen LogP contribution < -0.4 is 19.8 Å². The van der Waals surface area contributed by atoms with Crippen molar-refractivity contribution in [2.24, 2.45) is 5.10 Å². The maximum atomic E-state index is 12.4. The lowest BCUT2D eigenvalue weighted by Gasteiger charge is -2.26. The van der Waals surface area contributed by atoms with Crippen molar-refractivity contribution < 1.29 is 19.1 Å². The monoisotopic (exact) mass is 529 g/mol. The second-order valence-corrected chi connectivity index (χ2v) is 9.50. The van der Waals surface area contributed by atoms with Crippen LogP contribution in [0.1, 0.15) is 42.7 Å². The fraction of sp³-hybridized carbons (Fsp3) is 0.357. The first kappa shape index (κ1) is 26.1. The lowest BCUT2D eigenvalue weighted by Crippen LogP contribution is -2.36. The summed E-state index contributed by atoms with van der Waals surface area (Å²) in [6.45, 7) is 2.27. The van der Waals surface area contributed by atoms with Gasteiger partial charge in [-0.3, -0.25) is 9.59 Å². The number of ether oxygens (including phenoxy) is 2. The predicted octanol–water partition coefficient (Wildman–Crippen LogP) is 3.13. The number of hydrogen-bond acceptors (Lipinski definition) is 9. The first-order valence-electron chi connectivity index (χ1n) is 13.0. The van der Waals surface area contributed by atoms with Crippen molar-refractivity contribution in [2.45, 2.75) is 31.6 Å². The number of aromatic nitrogens is 3. The lowest BCUT2D eigenvalue weighted by molar-refractivity contribution is -0.133. The summed E-state index contributed by atoms with van der Waals surface area (Å²) in [5.74, 6) is 0.807. The summed E-state index contributed by atoms with van der Waals surface area (Å²) in [6.07, 6.45) is 5.33. The van der Waals surface area contributed by atoms with Crippen LogP contribution in [0, 0.1) is 0 Å². The van der Waals surface area contributed by atoms with Crippen molar-refractivity contribution >= 4 is 24.0 Å². The molecule has 1 aromatic heterocycles. The highest BCUT2D eigenvalue weighted by Gasteiger charge is 2.31. The van der Waals surface area contributed by atoms with Crippen LogP contribution in [0.15, 0.2) is 59.7 Å². The smallest absolute Gasteiger partial charge is 0.330 e. The Kier molecular flexibility index (Phi) is 8.25. The molecule has 3 aromatic rings. The highest BCUT2D eigenvalue weighted by molar-refractivity contribution is 5.87. The van der Waals surface area contributed by atoms with E-state index in [-0.39, 0.29) is 36.3 Å². The molecule has 3 heterocycles. The Hall–Kier alpha value is -4.54. The molecule has 2 saturated heterocycles. The summed E-state index contributed by atoms with van der Waals surface area (Å²) < 4.78 is 11.1. The highest BCUT2D eigenvalue weighted by Crippen LogP contribution is 2.28. The Morgan fingerprint density at radius 2 is 1.77 bits per heavy atom. The third-order valence-corrected chi connectivity index (χ3v) is 6.72. The van der Waals surface area contributed by atoms with Gasteiger partial charge >= 0.3 is 12.0 Å². The zero-order valence-electron chi connectivity index (χ0n) is 21.8. The van der Waals surface area contributed by atoms with Crippen LogP contribution in [0.4, 0.5) is 5.95 Å². The number of likely N-dealkylation sites (tertiary alicyclic amines) is 1. The molecule has 5 rings (SSSR count). The van der Waals surface area contributed by atoms with Crippen molar-refractivity contribution in [3.63, 3.8) is 0 Å². The molecule has 2 fully saturated rings. The number of rotatable bonds is 9. The van der Waals surface area contributed by atoms with Crippen LogP contribution in [-0.2, 0) is 9.59 Å². The number of carbonyl (C=O) groups excluding carboxylic acids is 2. The Bertz CT molecular complexity index is 1310. The van der Waals surface area contributed by atoms with E-state index >= 15 is 0 Å². The van der Waals surface area contributed by atoms with Gasteiger partial charge in [0.25, 0.3) is 5.91 Å². The van der Waals surface area contributed by atoms with Crippen molar-refractivity contribution in [3.05, 3.63) is 65.7 Å². The Morgan fingerprint density at radius 3 is 2.51 bits per heavy atom. The Balaban J connectivity index is 1.13. The molecule has 0 bridgehead atoms. The topological polar surface area (TPSA) is 122 Å². The molecule has 2 aliphatic heterocycles. The molecule has 0 unspecified atom stereocenters. The number of nitrogens with one attached hydrogen (secondary N) is 1. The normalized spacial score (nSPS) is 17.5. The third kappa shape index (κ3) is 6.86. The van der Waals surface area contributed by atoms with Gasteiger partial charge in [-0.2, -0.15) is 15.1 Å². The number of amides is 2. The van der Waals surface area contributed by atoms with E-state index < -0.39 is 0 Å². The SMILES string of the molecule is COc1nc(Oc2ccc(/C=N\NC(=O)CN3C[C@@H](c4ccccc4)CC3=O)cc2)nc(N2CCCCC2)n1. The van der Waals surface area contributed by atoms with E-state index in [1.54, 1.807) is 29.2 Å². The van der Waals surface area contributed by atoms with Gasteiger partial charge in [0.15, 0.2) is 0 Å². The van der Waals surface area contributed by atoms with E-state index in [0.717, 1.165) is 37.1 Å². The van der Waals surface area contributed by atoms with Gasteiger partial charge in [-0.15, -0.1) is 4.98 Å². The average molecular weight is 530 g/mol. The predicted molar refractivity (Wildman–Crippen MR) is 145 cm³/mol. The van der Waals surface area contributed by atoms with E-state index in [9.17, 15) is 9.59 Å². The van der Waals surface area contributed by atoms with Crippen LogP contribution in [0.25, 0.3) is 0 Å². The molecule has 0 radical (unpaired) electrons. The van der Waals surface area contributed by atoms with Crippen molar-refractivity contribution in [1.82, 2.24) is 25.3 Å². The molecule has 0 spiro atoms. The van der Waals surface area contributed by atoms with Gasteiger partial charge in [-0.05, 0) is 54.7 Å². The number of hydrazone groups is 1. The molecular weight excluding hydrogens is 498 g/mol. The van der Waals surface area contributed by atoms with Gasteiger partial charge in [0, 0.05) is 32.0 Å². The van der Waals surface area contributed by atoms with Gasteiger partial charge in [0.2, 0.25) is 11.9 Å². The van der Waals surface area contributed by atoms with E-state index in [1.165, 1.54) is 19.7 Å². The minimum Gasteiger partial charge on any atom is -0.467 e. The summed E-state index contributed by atoms with van der Waals surface area (Å²) >= 11 is 0. The summed E-state index contributed by atoms with van der Waals surface area (Å²) in [7, 11) is 1.51. The zero-order valence-corrected chi connectivity index (χ0v) is 21.8. The van der Waals surface area contributed by atoms with Crippen LogP contribution in [-0.4, -0.2) is 71.2 Å². The van der Waals surface area contributed by atoms with Crippen LogP contribution >= 0.6 is 0 Å². The van der Waals surface area contributed by atoms with Crippen LogP contribution in [0.5, 0.6) is 17.8 Å². The van der Waals surface area contributed by atoms with Crippen molar-refractivity contribution in [3.8, 4) is 17.8 Å². The van der Waals surface area contributed by atoms with E-state index in [0.29, 0.717) is 24.7 Å². The van der Waals surface area contributed by atoms with Gasteiger partial charge in [-0.1, -0.05) is 30.3 Å². The number of benzene rings is 2. The molecule has 2 aliphatic rings. The zero-order chi connectivity index (χ0) is 27.0. The molecular formula is C28H31N7O4. The molecule has 2 aromatic carbocycles. The number of methoxy groups -OCH3 is 1. The maximum Gasteiger partial charge on any atom is 0.330 e. The average Bonchev–Trinajstić information content (AvgIpc) is 3.34. The van der Waals surface area contributed by atoms with E-state index in [1.807, 2.05) is 30.3 Å². The molecule has 1 atom stereocenters. The summed E-state index contributed by atoms with van der Waals surface area (Å²) in [4.78, 5) is 41.4. The van der Waals surface area contributed by atoms with Crippen LogP contribution in [0.2, 0.25) is 0 Å². The number of piperidine rings is 1. The first-order valence-corrected chi connectivity index (χ1v) is 13.0. The maximum absolute atomic E-state index is 12.4. The fourth-order valence-electron chi connectivity index (χ4n) is 4.69. The molecule has 202 valence electrons. The minimum absolute atomic E-state index is 0.0267. The summed E-state index contributed by atoms with van der Waals surface area (Å²) in [5.41, 5.74) is 4.36. The summed E-state index contributed by atoms with van der Waals surface area (Å²) in [5, 5.41) is 4.03. The van der Waals surface area contributed by atoms with Crippen molar-refractivity contribution in [2.75, 3.05) is 38.2 Å². The molecule has 1 N–H and O–H groups in total. The largest absolute Gasteiger partial charge is 0.467 e. The molecule has 11 heteroatoms. The molecule has 0 saturated carbocycles. The van der Waals surface area contributed by atoms with Gasteiger partial charge in [0.1, 0.15) is 12.3 Å². The minimum atomic E-state index is -0.346. The fourth-order valence-corrected chi connectivity index (χ4v) is 4.69. The number of hydrogen-bond donors (Lipinski definition) is 1. The van der Waals surface area contributed by atoms with Gasteiger partial charge < -0.3 is 19.3 Å². The van der Waals surface area contributed by atoms with Gasteiger partial charge in [0.05, 0.1) is 13.3 Å². The second kappa shape index (κ2) is 12.3. The number of nitrogens with zero attached hydrogens (tertiary/aromatic N) is 6. The quantitative estimate of drug-likeness (QED) is 0.331. The van der Waals surface area contributed by atoms with E-state index in [4.69, 9.17) is 9.47 Å². The number of anilines is 1. The number of carbonyl (C=O) groups is 2. The molecule has 11 nitrogen and oxygen atoms in total. The standard InChI is InChI=1S/C28H31N7O4/c1-38-27-30-26(34-14-6-3-7-15-34)31-28(32-27)39-23-12-10-20(11-13-23)17-29-33-24(36)19-35-18-22(16-25(35)37)21-8-4-2-5-9-21/h2,4-5,8-13,17,22H,3,6-7,14-16,18-19H2,1H3,(H,33,36)/b29-17-/t22-/m0/s1. The van der Waals surface area contributed by atoms with E-state index in [2.05, 4.69) is 30.4 Å². The highest BCUT2D eigenvalue weighted by atomic mass is 16.5. The van der Waals surface area contributed by atoms with Crippen molar-refractivity contribution in [1.29, 1.82) is 0 Å². The lowest BCUT2D eigenvalue weighted by atomic mass is 9.99. The Morgan fingerprint density at radius 1 is 1.03 bits per heavy atom. The Labute approximate surface area is 226 Å². The summed E-state index contributed by atoms with van der Waals surface area (Å²) in [6, 6.07) is 17.3. The molecule has 2 amide bonds. The molecule has 0 aliphatic carbocycles. The van der Waals surface area contributed by atoms with Gasteiger partial charge in [-0.25, -0.2) is 5.43 Å². The second-order valence-electron chi connectivity index (χ2n) is 9.50. The third-order valence-electron chi connectivity index (χ3n) is 6.72. The van der Waals surface area contributed by atoms with Crippen LogP contribution in [0.3, 0.4) is 0 Å².